The van der Waals surface area contributed by atoms with Gasteiger partial charge in [-0.15, -0.1) is 0 Å². The number of nitrogens with two attached hydrogens (primary N) is 1. The molecule has 1 rings (SSSR count). The summed E-state index contributed by atoms with van der Waals surface area (Å²) in [5, 5.41) is 0.500. The quantitative estimate of drug-likeness (QED) is 0.475. The van der Waals surface area contributed by atoms with Crippen LogP contribution in [0.4, 0.5) is 0 Å². The van der Waals surface area contributed by atoms with Crippen molar-refractivity contribution in [2.75, 3.05) is 0 Å². The summed E-state index contributed by atoms with van der Waals surface area (Å²) in [4.78, 5) is 3.87. The van der Waals surface area contributed by atoms with Crippen molar-refractivity contribution in [3.8, 4) is 0 Å². The van der Waals surface area contributed by atoms with E-state index >= 15 is 0 Å². The molecule has 0 aliphatic heterocycles. The lowest BCUT2D eigenvalue weighted by Gasteiger charge is -1.99. The molecule has 5 heteroatoms. The van der Waals surface area contributed by atoms with E-state index in [1.165, 1.54) is 0 Å². The van der Waals surface area contributed by atoms with Crippen molar-refractivity contribution in [3.63, 3.8) is 0 Å². The smallest absolute Gasteiger partial charge is 0.151 e. The van der Waals surface area contributed by atoms with Crippen LogP contribution in [0.2, 0.25) is 5.15 Å². The lowest BCUT2D eigenvalue weighted by Crippen LogP contribution is -2.22. The van der Waals surface area contributed by atoms with Crippen LogP contribution in [0.5, 0.6) is 0 Å². The summed E-state index contributed by atoms with van der Waals surface area (Å²) in [6.07, 6.45) is 1.65. The number of nitrogens with zero attached hydrogens (tertiary/aromatic N) is 2. The van der Waals surface area contributed by atoms with E-state index in [2.05, 4.69) is 10.4 Å². The number of aryl methyl sites for hydroxylation is 1. The van der Waals surface area contributed by atoms with Gasteiger partial charge in [-0.3, -0.25) is 11.3 Å². The van der Waals surface area contributed by atoms with Crippen LogP contribution < -0.4 is 11.3 Å². The van der Waals surface area contributed by atoms with Gasteiger partial charge in [0, 0.05) is 7.05 Å². The molecule has 10 heavy (non-hydrogen) atoms. The molecule has 56 valence electrons. The SMILES string of the molecule is Cn1cnc(Cl)c1CNN. The van der Waals surface area contributed by atoms with Gasteiger partial charge < -0.3 is 4.57 Å². The molecule has 1 heterocycles. The van der Waals surface area contributed by atoms with Gasteiger partial charge in [0.2, 0.25) is 0 Å². The Morgan fingerprint density at radius 2 is 2.60 bits per heavy atom. The highest BCUT2D eigenvalue weighted by atomic mass is 35.5. The van der Waals surface area contributed by atoms with Gasteiger partial charge in [0.1, 0.15) is 0 Å². The van der Waals surface area contributed by atoms with Crippen molar-refractivity contribution in [2.45, 2.75) is 6.54 Å². The first-order valence-electron chi connectivity index (χ1n) is 2.85. The third-order valence-electron chi connectivity index (χ3n) is 1.28. The molecule has 0 aliphatic rings. The number of imidazole rings is 1. The van der Waals surface area contributed by atoms with Gasteiger partial charge in [-0.25, -0.2) is 4.98 Å². The Labute approximate surface area is 64.0 Å². The summed E-state index contributed by atoms with van der Waals surface area (Å²) in [5.41, 5.74) is 3.40. The van der Waals surface area contributed by atoms with Crippen LogP contribution in [0.3, 0.4) is 0 Å². The molecule has 0 fully saturated rings. The standard InChI is InChI=1S/C5H9ClN4/c1-10-3-8-5(6)4(10)2-9-7/h3,9H,2,7H2,1H3. The van der Waals surface area contributed by atoms with E-state index in [1.54, 1.807) is 6.33 Å². The number of rotatable bonds is 2. The molecular weight excluding hydrogens is 152 g/mol. The van der Waals surface area contributed by atoms with E-state index in [0.29, 0.717) is 11.7 Å². The molecule has 0 amide bonds. The Bertz CT molecular complexity index is 200. The monoisotopic (exact) mass is 160 g/mol. The van der Waals surface area contributed by atoms with E-state index in [9.17, 15) is 0 Å². The molecule has 3 N–H and O–H groups in total. The molecular formula is C5H9ClN4. The summed E-state index contributed by atoms with van der Waals surface area (Å²) in [6.45, 7) is 0.537. The summed E-state index contributed by atoms with van der Waals surface area (Å²) in [7, 11) is 1.87. The Kier molecular flexibility index (Phi) is 2.26. The first kappa shape index (κ1) is 7.53. The number of hydrazine groups is 1. The third-order valence-corrected chi connectivity index (χ3v) is 1.59. The second-order valence-corrected chi connectivity index (χ2v) is 2.33. The van der Waals surface area contributed by atoms with Crippen molar-refractivity contribution in [2.24, 2.45) is 12.9 Å². The van der Waals surface area contributed by atoms with Crippen LogP contribution in [0, 0.1) is 0 Å². The second-order valence-electron chi connectivity index (χ2n) is 1.97. The van der Waals surface area contributed by atoms with Gasteiger partial charge in [-0.2, -0.15) is 0 Å². The van der Waals surface area contributed by atoms with Crippen molar-refractivity contribution < 1.29 is 0 Å². The Morgan fingerprint density at radius 3 is 3.00 bits per heavy atom. The van der Waals surface area contributed by atoms with Crippen molar-refractivity contribution in [1.82, 2.24) is 15.0 Å². The summed E-state index contributed by atoms with van der Waals surface area (Å²) in [5.74, 6) is 5.11. The van der Waals surface area contributed by atoms with E-state index < -0.39 is 0 Å². The lowest BCUT2D eigenvalue weighted by atomic mass is 10.5. The Morgan fingerprint density at radius 1 is 1.90 bits per heavy atom. The highest BCUT2D eigenvalue weighted by Crippen LogP contribution is 2.10. The van der Waals surface area contributed by atoms with Crippen LogP contribution in [0.25, 0.3) is 0 Å². The molecule has 4 nitrogen and oxygen atoms in total. The maximum Gasteiger partial charge on any atom is 0.151 e. The van der Waals surface area contributed by atoms with E-state index in [4.69, 9.17) is 17.4 Å². The first-order valence-corrected chi connectivity index (χ1v) is 3.22. The molecule has 1 aromatic rings. The minimum absolute atomic E-state index is 0.500. The fourth-order valence-electron chi connectivity index (χ4n) is 0.721. The number of nitrogens with one attached hydrogen (secondary N) is 1. The Hall–Kier alpha value is -0.580. The van der Waals surface area contributed by atoms with Crippen molar-refractivity contribution >= 4 is 11.6 Å². The number of halogens is 1. The molecule has 0 radical (unpaired) electrons. The maximum atomic E-state index is 5.70. The molecule has 0 unspecified atom stereocenters. The van der Waals surface area contributed by atoms with Crippen molar-refractivity contribution in [3.05, 3.63) is 17.2 Å². The van der Waals surface area contributed by atoms with E-state index in [1.807, 2.05) is 11.6 Å². The molecule has 0 aromatic carbocycles. The van der Waals surface area contributed by atoms with Crippen LogP contribution in [-0.2, 0) is 13.6 Å². The van der Waals surface area contributed by atoms with E-state index in [0.717, 1.165) is 5.69 Å². The van der Waals surface area contributed by atoms with Crippen LogP contribution in [0.1, 0.15) is 5.69 Å². The van der Waals surface area contributed by atoms with Crippen molar-refractivity contribution in [1.29, 1.82) is 0 Å². The zero-order chi connectivity index (χ0) is 7.56. The summed E-state index contributed by atoms with van der Waals surface area (Å²) >= 11 is 5.70. The fraction of sp³-hybridized carbons (Fsp3) is 0.400. The van der Waals surface area contributed by atoms with Crippen LogP contribution in [-0.4, -0.2) is 9.55 Å². The minimum Gasteiger partial charge on any atom is -0.335 e. The van der Waals surface area contributed by atoms with Gasteiger partial charge >= 0.3 is 0 Å². The minimum atomic E-state index is 0.500. The fourth-order valence-corrected chi connectivity index (χ4v) is 0.965. The maximum absolute atomic E-state index is 5.70. The van der Waals surface area contributed by atoms with Gasteiger partial charge in [0.15, 0.2) is 5.15 Å². The average molecular weight is 161 g/mol. The summed E-state index contributed by atoms with van der Waals surface area (Å²) in [6, 6.07) is 0. The average Bonchev–Trinajstić information content (AvgIpc) is 2.20. The second kappa shape index (κ2) is 3.01. The predicted octanol–water partition coefficient (Wildman–Crippen LogP) is 0.0368. The molecule has 0 atom stereocenters. The predicted molar refractivity (Wildman–Crippen MR) is 39.2 cm³/mol. The molecule has 0 spiro atoms. The number of aromatic nitrogens is 2. The highest BCUT2D eigenvalue weighted by Gasteiger charge is 2.03. The number of hydrogen-bond acceptors (Lipinski definition) is 3. The largest absolute Gasteiger partial charge is 0.335 e. The van der Waals surface area contributed by atoms with Crippen LogP contribution >= 0.6 is 11.6 Å². The zero-order valence-electron chi connectivity index (χ0n) is 5.63. The molecule has 0 saturated heterocycles. The van der Waals surface area contributed by atoms with Gasteiger partial charge in [-0.1, -0.05) is 11.6 Å². The first-order chi connectivity index (χ1) is 4.75. The zero-order valence-corrected chi connectivity index (χ0v) is 6.39. The van der Waals surface area contributed by atoms with Gasteiger partial charge in [0.05, 0.1) is 18.6 Å². The van der Waals surface area contributed by atoms with Gasteiger partial charge in [0.25, 0.3) is 0 Å². The van der Waals surface area contributed by atoms with E-state index in [-0.39, 0.29) is 0 Å². The number of hydrogen-bond donors (Lipinski definition) is 2. The Balaban J connectivity index is 2.87. The van der Waals surface area contributed by atoms with Gasteiger partial charge in [-0.05, 0) is 0 Å². The molecule has 0 bridgehead atoms. The topological polar surface area (TPSA) is 55.9 Å². The molecule has 0 aliphatic carbocycles. The third kappa shape index (κ3) is 1.29. The normalized spacial score (nSPS) is 10.3. The lowest BCUT2D eigenvalue weighted by molar-refractivity contribution is 0.688. The van der Waals surface area contributed by atoms with Crippen LogP contribution in [0.15, 0.2) is 6.33 Å². The molecule has 0 saturated carbocycles. The summed E-state index contributed by atoms with van der Waals surface area (Å²) < 4.78 is 1.82. The molecule has 1 aromatic heterocycles. The highest BCUT2D eigenvalue weighted by molar-refractivity contribution is 6.30.